The van der Waals surface area contributed by atoms with E-state index in [4.69, 9.17) is 4.74 Å². The molecule has 6 heteroatoms. The third kappa shape index (κ3) is 3.26. The fourth-order valence-electron chi connectivity index (χ4n) is 6.22. The molecule has 1 heterocycles. The Bertz CT molecular complexity index is 697. The van der Waals surface area contributed by atoms with Crippen LogP contribution in [0.15, 0.2) is 12.4 Å². The molecule has 142 valence electrons. The van der Waals surface area contributed by atoms with E-state index in [1.165, 1.54) is 12.0 Å². The van der Waals surface area contributed by atoms with Crippen LogP contribution < -0.4 is 5.32 Å². The van der Waals surface area contributed by atoms with E-state index in [0.717, 1.165) is 44.9 Å². The number of aromatic nitrogens is 2. The summed E-state index contributed by atoms with van der Waals surface area (Å²) in [5, 5.41) is 7.37. The molecule has 5 rings (SSSR count). The van der Waals surface area contributed by atoms with Crippen LogP contribution in [0.25, 0.3) is 0 Å². The SMILES string of the molecule is CC(=O)NC12C[C@H]3C[C@@H](C1)CC(C(=O)OCCCc1cnn(C)c1)(C3)C2. The molecule has 26 heavy (non-hydrogen) atoms. The second-order valence-corrected chi connectivity index (χ2v) is 8.96. The number of ether oxygens (including phenoxy) is 1. The van der Waals surface area contributed by atoms with Gasteiger partial charge >= 0.3 is 5.97 Å². The molecule has 1 amide bonds. The Labute approximate surface area is 154 Å². The first-order valence-corrected chi connectivity index (χ1v) is 9.82. The zero-order chi connectivity index (χ0) is 18.4. The molecule has 0 spiro atoms. The predicted molar refractivity (Wildman–Crippen MR) is 96.2 cm³/mol. The van der Waals surface area contributed by atoms with Crippen molar-refractivity contribution in [2.45, 2.75) is 63.8 Å². The number of esters is 1. The summed E-state index contributed by atoms with van der Waals surface area (Å²) in [6.45, 7) is 2.04. The summed E-state index contributed by atoms with van der Waals surface area (Å²) in [7, 11) is 1.90. The van der Waals surface area contributed by atoms with Crippen LogP contribution in [-0.2, 0) is 27.8 Å². The topological polar surface area (TPSA) is 73.2 Å². The largest absolute Gasteiger partial charge is 0.465 e. The lowest BCUT2D eigenvalue weighted by Gasteiger charge is -2.60. The molecule has 2 unspecified atom stereocenters. The first kappa shape index (κ1) is 17.6. The summed E-state index contributed by atoms with van der Waals surface area (Å²) in [4.78, 5) is 24.7. The molecule has 4 saturated carbocycles. The van der Waals surface area contributed by atoms with Gasteiger partial charge in [0.15, 0.2) is 0 Å². The number of nitrogens with zero attached hydrogens (tertiary/aromatic N) is 2. The lowest BCUT2D eigenvalue weighted by Crippen LogP contribution is -2.64. The number of carbonyl (C=O) groups excluding carboxylic acids is 2. The molecular formula is C20H29N3O3. The standard InChI is InChI=1S/C20H29N3O3/c1-14(24)22-20-9-16-6-17(10-20)8-19(7-16,13-20)18(25)26-5-3-4-15-11-21-23(2)12-15/h11-12,16-17H,3-10,13H2,1-2H3,(H,22,24)/t16-,17+,19?,20?. The zero-order valence-corrected chi connectivity index (χ0v) is 15.8. The molecule has 0 saturated heterocycles. The third-order valence-corrected chi connectivity index (χ3v) is 6.54. The maximum absolute atomic E-state index is 13.0. The van der Waals surface area contributed by atoms with Crippen LogP contribution >= 0.6 is 0 Å². The summed E-state index contributed by atoms with van der Waals surface area (Å²) in [5.74, 6) is 1.08. The van der Waals surface area contributed by atoms with Gasteiger partial charge in [-0.15, -0.1) is 0 Å². The maximum atomic E-state index is 13.0. The van der Waals surface area contributed by atoms with Crippen molar-refractivity contribution in [3.8, 4) is 0 Å². The van der Waals surface area contributed by atoms with Crippen LogP contribution in [0.4, 0.5) is 0 Å². The first-order valence-electron chi connectivity index (χ1n) is 9.82. The summed E-state index contributed by atoms with van der Waals surface area (Å²) >= 11 is 0. The van der Waals surface area contributed by atoms with Crippen molar-refractivity contribution < 1.29 is 14.3 Å². The molecule has 6 nitrogen and oxygen atoms in total. The van der Waals surface area contributed by atoms with Crippen LogP contribution in [0.5, 0.6) is 0 Å². The molecule has 4 fully saturated rings. The van der Waals surface area contributed by atoms with E-state index in [9.17, 15) is 9.59 Å². The van der Waals surface area contributed by atoms with Gasteiger partial charge in [0, 0.05) is 25.7 Å². The molecule has 0 radical (unpaired) electrons. The van der Waals surface area contributed by atoms with Crippen molar-refractivity contribution >= 4 is 11.9 Å². The Hall–Kier alpha value is -1.85. The van der Waals surface area contributed by atoms with Gasteiger partial charge in [-0.05, 0) is 68.8 Å². The van der Waals surface area contributed by atoms with E-state index in [1.54, 1.807) is 11.6 Å². The van der Waals surface area contributed by atoms with Gasteiger partial charge < -0.3 is 10.1 Å². The van der Waals surface area contributed by atoms with E-state index < -0.39 is 0 Å². The van der Waals surface area contributed by atoms with Crippen LogP contribution in [0.1, 0.15) is 57.4 Å². The number of hydrogen-bond donors (Lipinski definition) is 1. The number of carbonyl (C=O) groups is 2. The van der Waals surface area contributed by atoms with Crippen molar-refractivity contribution in [3.63, 3.8) is 0 Å². The highest BCUT2D eigenvalue weighted by Crippen LogP contribution is 2.62. The Morgan fingerprint density at radius 3 is 2.65 bits per heavy atom. The van der Waals surface area contributed by atoms with Crippen molar-refractivity contribution in [2.75, 3.05) is 6.61 Å². The molecule has 1 aromatic heterocycles. The van der Waals surface area contributed by atoms with Crippen LogP contribution in [-0.4, -0.2) is 33.8 Å². The van der Waals surface area contributed by atoms with Crippen LogP contribution in [0.3, 0.4) is 0 Å². The fraction of sp³-hybridized carbons (Fsp3) is 0.750. The molecule has 0 aliphatic heterocycles. The van der Waals surface area contributed by atoms with Gasteiger partial charge in [-0.3, -0.25) is 14.3 Å². The fourth-order valence-corrected chi connectivity index (χ4v) is 6.22. The Kier molecular flexibility index (Phi) is 4.32. The molecule has 4 aliphatic rings. The molecule has 1 N–H and O–H groups in total. The van der Waals surface area contributed by atoms with Gasteiger partial charge in [-0.1, -0.05) is 0 Å². The minimum Gasteiger partial charge on any atom is -0.465 e. The van der Waals surface area contributed by atoms with Gasteiger partial charge in [-0.2, -0.15) is 5.10 Å². The van der Waals surface area contributed by atoms with Gasteiger partial charge in [0.1, 0.15) is 0 Å². The smallest absolute Gasteiger partial charge is 0.312 e. The van der Waals surface area contributed by atoms with Gasteiger partial charge in [0.2, 0.25) is 5.91 Å². The van der Waals surface area contributed by atoms with E-state index in [2.05, 4.69) is 10.4 Å². The quantitative estimate of drug-likeness (QED) is 0.625. The minimum atomic E-state index is -0.374. The highest BCUT2D eigenvalue weighted by atomic mass is 16.5. The van der Waals surface area contributed by atoms with Crippen molar-refractivity contribution in [1.29, 1.82) is 0 Å². The van der Waals surface area contributed by atoms with Crippen LogP contribution in [0, 0.1) is 17.3 Å². The third-order valence-electron chi connectivity index (χ3n) is 6.54. The van der Waals surface area contributed by atoms with Crippen molar-refractivity contribution in [1.82, 2.24) is 15.1 Å². The maximum Gasteiger partial charge on any atom is 0.312 e. The minimum absolute atomic E-state index is 0.0203. The number of aryl methyl sites for hydroxylation is 2. The number of hydrogen-bond acceptors (Lipinski definition) is 4. The highest BCUT2D eigenvalue weighted by molar-refractivity contribution is 5.79. The van der Waals surface area contributed by atoms with E-state index in [-0.39, 0.29) is 22.8 Å². The van der Waals surface area contributed by atoms with Gasteiger partial charge in [0.25, 0.3) is 0 Å². The summed E-state index contributed by atoms with van der Waals surface area (Å²) in [6.07, 6.45) is 11.4. The number of rotatable bonds is 6. The number of nitrogens with one attached hydrogen (secondary N) is 1. The highest BCUT2D eigenvalue weighted by Gasteiger charge is 2.61. The number of amides is 1. The lowest BCUT2D eigenvalue weighted by atomic mass is 9.47. The second kappa shape index (κ2) is 6.39. The zero-order valence-electron chi connectivity index (χ0n) is 15.8. The first-order chi connectivity index (χ1) is 12.4. The predicted octanol–water partition coefficient (Wildman–Crippen LogP) is 2.37. The summed E-state index contributed by atoms with van der Waals surface area (Å²) in [5.41, 5.74) is 0.619. The van der Waals surface area contributed by atoms with Gasteiger partial charge in [-0.25, -0.2) is 0 Å². The lowest BCUT2D eigenvalue weighted by molar-refractivity contribution is -0.176. The summed E-state index contributed by atoms with van der Waals surface area (Å²) in [6, 6.07) is 0. The second-order valence-electron chi connectivity index (χ2n) is 8.96. The van der Waals surface area contributed by atoms with E-state index in [0.29, 0.717) is 18.4 Å². The molecule has 1 aromatic rings. The Morgan fingerprint density at radius 1 is 1.31 bits per heavy atom. The molecule has 4 bridgehead atoms. The van der Waals surface area contributed by atoms with E-state index >= 15 is 0 Å². The van der Waals surface area contributed by atoms with Crippen molar-refractivity contribution in [2.24, 2.45) is 24.3 Å². The molecule has 4 atom stereocenters. The Morgan fingerprint density at radius 2 is 2.04 bits per heavy atom. The average molecular weight is 359 g/mol. The van der Waals surface area contributed by atoms with Crippen molar-refractivity contribution in [3.05, 3.63) is 18.0 Å². The van der Waals surface area contributed by atoms with Gasteiger partial charge in [0.05, 0.1) is 18.2 Å². The van der Waals surface area contributed by atoms with Crippen LogP contribution in [0.2, 0.25) is 0 Å². The molecular weight excluding hydrogens is 330 g/mol. The monoisotopic (exact) mass is 359 g/mol. The summed E-state index contributed by atoms with van der Waals surface area (Å²) < 4.78 is 7.52. The molecule has 0 aromatic carbocycles. The average Bonchev–Trinajstić information content (AvgIpc) is 2.94. The Balaban J connectivity index is 1.36. The normalized spacial score (nSPS) is 34.7. The van der Waals surface area contributed by atoms with E-state index in [1.807, 2.05) is 19.4 Å². The molecule has 4 aliphatic carbocycles.